The van der Waals surface area contributed by atoms with Gasteiger partial charge in [0.15, 0.2) is 0 Å². The Labute approximate surface area is 162 Å². The van der Waals surface area contributed by atoms with Crippen LogP contribution in [0.3, 0.4) is 0 Å². The highest BCUT2D eigenvalue weighted by atomic mass is 31.1. The molecule has 2 rings (SSSR count). The van der Waals surface area contributed by atoms with Crippen molar-refractivity contribution in [1.82, 2.24) is 4.98 Å². The van der Waals surface area contributed by atoms with Crippen LogP contribution in [-0.2, 0) is 11.6 Å². The normalized spacial score (nSPS) is 13.3. The molecule has 26 heavy (non-hydrogen) atoms. The average Bonchev–Trinajstić information content (AvgIpc) is 2.50. The predicted molar refractivity (Wildman–Crippen MR) is 119 cm³/mol. The van der Waals surface area contributed by atoms with Crippen LogP contribution >= 0.6 is 7.92 Å². The quantitative estimate of drug-likeness (QED) is 0.507. The number of aromatic nitrogens is 1. The van der Waals surface area contributed by atoms with E-state index in [-0.39, 0.29) is 13.3 Å². The maximum atomic E-state index is 4.94. The topological polar surface area (TPSA) is 12.9 Å². The Morgan fingerprint density at radius 2 is 1.35 bits per heavy atom. The van der Waals surface area contributed by atoms with Crippen molar-refractivity contribution in [2.75, 3.05) is 0 Å². The second kappa shape index (κ2) is 7.43. The zero-order valence-corrected chi connectivity index (χ0v) is 19.0. The van der Waals surface area contributed by atoms with Gasteiger partial charge in [0.05, 0.1) is 5.69 Å². The zero-order valence-electron chi connectivity index (χ0n) is 18.1. The summed E-state index contributed by atoms with van der Waals surface area (Å²) in [5.41, 5.74) is 4.95. The third kappa shape index (κ3) is 5.40. The summed E-state index contributed by atoms with van der Waals surface area (Å²) in [5, 5.41) is 0.683. The van der Waals surface area contributed by atoms with Gasteiger partial charge in [-0.05, 0) is 40.2 Å². The Morgan fingerprint density at radius 3 is 1.88 bits per heavy atom. The summed E-state index contributed by atoms with van der Waals surface area (Å²) in [7, 11) is -0.145. The molecule has 0 bridgehead atoms. The van der Waals surface area contributed by atoms with Crippen LogP contribution in [0.15, 0.2) is 42.5 Å². The lowest BCUT2D eigenvalue weighted by atomic mass is 9.91. The molecular weight excluding hydrogens is 333 g/mol. The molecule has 0 unspecified atom stereocenters. The summed E-state index contributed by atoms with van der Waals surface area (Å²) >= 11 is 0. The Balaban J connectivity index is 2.37. The first-order valence-electron chi connectivity index (χ1n) is 9.63. The van der Waals surface area contributed by atoms with Gasteiger partial charge in [-0.25, -0.2) is 0 Å². The first-order chi connectivity index (χ1) is 11.8. The van der Waals surface area contributed by atoms with Gasteiger partial charge in [-0.15, -0.1) is 0 Å². The standard InChI is InChI=1S/C24H36NP/c1-22(2,3)21-15-11-14-20(25-21)19-13-10-12-18(16-19)17-26(23(4,5)6)24(7,8)9/h10-16H,17H2,1-9H3. The Kier molecular flexibility index (Phi) is 6.03. The van der Waals surface area contributed by atoms with Crippen LogP contribution in [0.1, 0.15) is 73.6 Å². The van der Waals surface area contributed by atoms with Gasteiger partial charge in [0, 0.05) is 16.7 Å². The van der Waals surface area contributed by atoms with E-state index in [0.29, 0.717) is 10.3 Å². The van der Waals surface area contributed by atoms with Crippen molar-refractivity contribution in [1.29, 1.82) is 0 Å². The van der Waals surface area contributed by atoms with Crippen molar-refractivity contribution < 1.29 is 0 Å². The number of rotatable bonds is 3. The average molecular weight is 370 g/mol. The summed E-state index contributed by atoms with van der Waals surface area (Å²) in [4.78, 5) is 4.94. The molecule has 0 aliphatic rings. The molecule has 0 N–H and O–H groups in total. The summed E-state index contributed by atoms with van der Waals surface area (Å²) in [6, 6.07) is 15.4. The van der Waals surface area contributed by atoms with Crippen LogP contribution in [0.5, 0.6) is 0 Å². The number of hydrogen-bond acceptors (Lipinski definition) is 1. The van der Waals surface area contributed by atoms with Gasteiger partial charge >= 0.3 is 0 Å². The highest BCUT2D eigenvalue weighted by molar-refractivity contribution is 7.60. The molecule has 1 heterocycles. The highest BCUT2D eigenvalue weighted by Gasteiger charge is 2.34. The minimum Gasteiger partial charge on any atom is -0.252 e. The van der Waals surface area contributed by atoms with Gasteiger partial charge in [0.25, 0.3) is 0 Å². The maximum Gasteiger partial charge on any atom is 0.0705 e. The van der Waals surface area contributed by atoms with E-state index in [0.717, 1.165) is 17.5 Å². The third-order valence-electron chi connectivity index (χ3n) is 4.70. The minimum absolute atomic E-state index is 0.0699. The van der Waals surface area contributed by atoms with Crippen LogP contribution < -0.4 is 0 Å². The zero-order chi connectivity index (χ0) is 19.8. The fraction of sp³-hybridized carbons (Fsp3) is 0.542. The van der Waals surface area contributed by atoms with E-state index in [4.69, 9.17) is 4.98 Å². The first-order valence-corrected chi connectivity index (χ1v) is 11.2. The lowest BCUT2D eigenvalue weighted by Gasteiger charge is -2.41. The fourth-order valence-electron chi connectivity index (χ4n) is 3.51. The number of nitrogens with zero attached hydrogens (tertiary/aromatic N) is 1. The second-order valence-electron chi connectivity index (χ2n) is 10.3. The number of benzene rings is 1. The van der Waals surface area contributed by atoms with Crippen LogP contribution in [0, 0.1) is 0 Å². The molecule has 1 aromatic heterocycles. The minimum atomic E-state index is -0.145. The van der Waals surface area contributed by atoms with Crippen molar-refractivity contribution >= 4 is 7.92 Å². The summed E-state index contributed by atoms with van der Waals surface area (Å²) in [5.74, 6) is 0. The second-order valence-corrected chi connectivity index (χ2v) is 14.1. The van der Waals surface area contributed by atoms with Crippen molar-refractivity contribution in [3.05, 3.63) is 53.7 Å². The van der Waals surface area contributed by atoms with E-state index < -0.39 is 0 Å². The molecule has 0 amide bonds. The largest absolute Gasteiger partial charge is 0.252 e. The van der Waals surface area contributed by atoms with Crippen molar-refractivity contribution in [3.8, 4) is 11.3 Å². The Morgan fingerprint density at radius 1 is 0.769 bits per heavy atom. The van der Waals surface area contributed by atoms with Crippen LogP contribution in [-0.4, -0.2) is 15.3 Å². The summed E-state index contributed by atoms with van der Waals surface area (Å²) in [6.45, 7) is 21.0. The van der Waals surface area contributed by atoms with Crippen LogP contribution in [0.25, 0.3) is 11.3 Å². The lowest BCUT2D eigenvalue weighted by Crippen LogP contribution is -2.25. The van der Waals surface area contributed by atoms with E-state index in [2.05, 4.69) is 105 Å². The van der Waals surface area contributed by atoms with Gasteiger partial charge in [-0.1, -0.05) is 94.5 Å². The van der Waals surface area contributed by atoms with Gasteiger partial charge in [0.1, 0.15) is 0 Å². The molecule has 0 radical (unpaired) electrons. The number of hydrogen-bond donors (Lipinski definition) is 0. The third-order valence-corrected chi connectivity index (χ3v) is 8.62. The van der Waals surface area contributed by atoms with E-state index in [1.807, 2.05) is 0 Å². The smallest absolute Gasteiger partial charge is 0.0705 e. The molecule has 0 aliphatic heterocycles. The molecule has 1 nitrogen and oxygen atoms in total. The van der Waals surface area contributed by atoms with Crippen molar-refractivity contribution in [3.63, 3.8) is 0 Å². The monoisotopic (exact) mass is 369 g/mol. The maximum absolute atomic E-state index is 4.94. The molecule has 2 aromatic rings. The van der Waals surface area contributed by atoms with Crippen molar-refractivity contribution in [2.45, 2.75) is 84.2 Å². The van der Waals surface area contributed by atoms with Crippen LogP contribution in [0.2, 0.25) is 0 Å². The van der Waals surface area contributed by atoms with Gasteiger partial charge < -0.3 is 0 Å². The molecule has 0 saturated carbocycles. The molecule has 2 heteroatoms. The molecular formula is C24H36NP. The van der Waals surface area contributed by atoms with Crippen LogP contribution in [0.4, 0.5) is 0 Å². The van der Waals surface area contributed by atoms with E-state index >= 15 is 0 Å². The molecule has 0 fully saturated rings. The first kappa shape index (κ1) is 21.1. The molecule has 0 aliphatic carbocycles. The summed E-state index contributed by atoms with van der Waals surface area (Å²) in [6.07, 6.45) is 1.16. The number of pyridine rings is 1. The summed E-state index contributed by atoms with van der Waals surface area (Å²) < 4.78 is 0. The molecule has 142 valence electrons. The van der Waals surface area contributed by atoms with E-state index in [1.165, 1.54) is 11.1 Å². The highest BCUT2D eigenvalue weighted by Crippen LogP contribution is 2.61. The van der Waals surface area contributed by atoms with Crippen molar-refractivity contribution in [2.24, 2.45) is 0 Å². The predicted octanol–water partition coefficient (Wildman–Crippen LogP) is 7.63. The molecule has 0 spiro atoms. The van der Waals surface area contributed by atoms with Gasteiger partial charge in [-0.2, -0.15) is 0 Å². The lowest BCUT2D eigenvalue weighted by molar-refractivity contribution is 0.570. The molecule has 0 atom stereocenters. The van der Waals surface area contributed by atoms with Gasteiger partial charge in [-0.3, -0.25) is 4.98 Å². The fourth-order valence-corrected chi connectivity index (χ4v) is 7.03. The van der Waals surface area contributed by atoms with Gasteiger partial charge in [0.2, 0.25) is 0 Å². The SMILES string of the molecule is CC(C)(C)c1cccc(-c2cccc(CP(C(C)(C)C)C(C)(C)C)c2)n1. The Hall–Kier alpha value is -1.20. The van der Waals surface area contributed by atoms with E-state index in [9.17, 15) is 0 Å². The molecule has 0 saturated heterocycles. The molecule has 1 aromatic carbocycles. The van der Waals surface area contributed by atoms with E-state index in [1.54, 1.807) is 0 Å². The Bertz CT molecular complexity index is 728.